The van der Waals surface area contributed by atoms with Gasteiger partial charge in [-0.05, 0) is 59.1 Å². The van der Waals surface area contributed by atoms with Crippen molar-refractivity contribution in [1.29, 1.82) is 0 Å². The zero-order chi connectivity index (χ0) is 14.6. The Kier molecular flexibility index (Phi) is 5.96. The second kappa shape index (κ2) is 6.82. The van der Waals surface area contributed by atoms with Crippen LogP contribution in [0.5, 0.6) is 0 Å². The third-order valence-corrected chi connectivity index (χ3v) is 4.17. The van der Waals surface area contributed by atoms with Crippen molar-refractivity contribution in [2.24, 2.45) is 11.1 Å². The van der Waals surface area contributed by atoms with Crippen molar-refractivity contribution < 1.29 is 4.39 Å². The molecule has 0 saturated heterocycles. The molecule has 2 N–H and O–H groups in total. The monoisotopic (exact) mass is 330 g/mol. The van der Waals surface area contributed by atoms with Crippen molar-refractivity contribution >= 4 is 15.9 Å². The summed E-state index contributed by atoms with van der Waals surface area (Å²) in [6, 6.07) is 5.46. The minimum absolute atomic E-state index is 0.0849. The minimum Gasteiger partial charge on any atom is -0.330 e. The van der Waals surface area contributed by atoms with Crippen LogP contribution in [0.2, 0.25) is 0 Å². The lowest BCUT2D eigenvalue weighted by atomic mass is 9.92. The molecule has 0 fully saturated rings. The van der Waals surface area contributed by atoms with Gasteiger partial charge in [-0.1, -0.05) is 26.8 Å². The second-order valence-corrected chi connectivity index (χ2v) is 6.64. The molecule has 2 nitrogen and oxygen atoms in total. The second-order valence-electron chi connectivity index (χ2n) is 5.78. The average Bonchev–Trinajstić information content (AvgIpc) is 2.38. The summed E-state index contributed by atoms with van der Waals surface area (Å²) in [6.45, 7) is 11.2. The third kappa shape index (κ3) is 4.55. The fourth-order valence-corrected chi connectivity index (χ4v) is 2.52. The van der Waals surface area contributed by atoms with E-state index in [0.29, 0.717) is 11.0 Å². The quantitative estimate of drug-likeness (QED) is 0.855. The number of benzene rings is 1. The predicted molar refractivity (Wildman–Crippen MR) is 82.6 cm³/mol. The summed E-state index contributed by atoms with van der Waals surface area (Å²) in [6.07, 6.45) is 0. The minimum atomic E-state index is -0.221. The first-order chi connectivity index (χ1) is 8.80. The molecule has 0 radical (unpaired) electrons. The normalized spacial score (nSPS) is 13.9. The van der Waals surface area contributed by atoms with E-state index >= 15 is 0 Å². The highest BCUT2D eigenvalue weighted by Crippen LogP contribution is 2.27. The molecule has 1 rings (SSSR count). The Hall–Kier alpha value is -0.450. The summed E-state index contributed by atoms with van der Waals surface area (Å²) in [5.74, 6) is -0.221. The molecule has 0 aliphatic heterocycles. The Morgan fingerprint density at radius 2 is 2.05 bits per heavy atom. The molecule has 1 unspecified atom stereocenters. The van der Waals surface area contributed by atoms with Gasteiger partial charge in [-0.3, -0.25) is 4.90 Å². The van der Waals surface area contributed by atoms with E-state index in [1.165, 1.54) is 6.07 Å². The van der Waals surface area contributed by atoms with Crippen molar-refractivity contribution in [3.8, 4) is 0 Å². The molecule has 0 amide bonds. The first-order valence-corrected chi connectivity index (χ1v) is 7.49. The van der Waals surface area contributed by atoms with E-state index in [9.17, 15) is 4.39 Å². The van der Waals surface area contributed by atoms with Gasteiger partial charge in [0.1, 0.15) is 5.82 Å². The number of halogens is 2. The molecule has 0 aliphatic carbocycles. The molecule has 1 aromatic carbocycles. The molecule has 0 aromatic heterocycles. The highest BCUT2D eigenvalue weighted by atomic mass is 79.9. The van der Waals surface area contributed by atoms with Gasteiger partial charge >= 0.3 is 0 Å². The van der Waals surface area contributed by atoms with E-state index in [2.05, 4.69) is 48.5 Å². The van der Waals surface area contributed by atoms with Crippen LogP contribution in [-0.2, 0) is 0 Å². The van der Waals surface area contributed by atoms with Gasteiger partial charge in [0.25, 0.3) is 0 Å². The van der Waals surface area contributed by atoms with Gasteiger partial charge in [0.2, 0.25) is 0 Å². The summed E-state index contributed by atoms with van der Waals surface area (Å²) in [4.78, 5) is 2.37. The van der Waals surface area contributed by atoms with Crippen molar-refractivity contribution in [2.75, 3.05) is 19.6 Å². The van der Waals surface area contributed by atoms with E-state index in [1.54, 1.807) is 0 Å². The van der Waals surface area contributed by atoms with Gasteiger partial charge in [-0.25, -0.2) is 4.39 Å². The van der Waals surface area contributed by atoms with Crippen LogP contribution in [0.25, 0.3) is 0 Å². The van der Waals surface area contributed by atoms with Crippen molar-refractivity contribution in [3.63, 3.8) is 0 Å². The van der Waals surface area contributed by atoms with E-state index in [0.717, 1.165) is 18.7 Å². The SMILES string of the molecule is CCN(CC(C)(C)CN)C(C)c1ccc(F)c(Br)c1. The number of hydrogen-bond acceptors (Lipinski definition) is 2. The van der Waals surface area contributed by atoms with Crippen molar-refractivity contribution in [3.05, 3.63) is 34.1 Å². The van der Waals surface area contributed by atoms with E-state index in [1.807, 2.05) is 12.1 Å². The van der Waals surface area contributed by atoms with E-state index in [4.69, 9.17) is 5.73 Å². The Balaban J connectivity index is 2.89. The van der Waals surface area contributed by atoms with Gasteiger partial charge in [-0.2, -0.15) is 0 Å². The predicted octanol–water partition coefficient (Wildman–Crippen LogP) is 3.96. The van der Waals surface area contributed by atoms with Crippen LogP contribution in [0.1, 0.15) is 39.3 Å². The molecule has 1 aromatic rings. The van der Waals surface area contributed by atoms with Crippen LogP contribution in [0.15, 0.2) is 22.7 Å². The summed E-state index contributed by atoms with van der Waals surface area (Å²) < 4.78 is 13.8. The molecular weight excluding hydrogens is 307 g/mol. The molecule has 0 heterocycles. The fourth-order valence-electron chi connectivity index (χ4n) is 2.12. The molecule has 0 spiro atoms. The fraction of sp³-hybridized carbons (Fsp3) is 0.600. The number of nitrogens with two attached hydrogens (primary N) is 1. The van der Waals surface area contributed by atoms with Crippen molar-refractivity contribution in [1.82, 2.24) is 4.90 Å². The largest absolute Gasteiger partial charge is 0.330 e. The van der Waals surface area contributed by atoms with Crippen LogP contribution in [0.3, 0.4) is 0 Å². The Morgan fingerprint density at radius 1 is 1.42 bits per heavy atom. The Labute approximate surface area is 124 Å². The molecule has 19 heavy (non-hydrogen) atoms. The molecule has 108 valence electrons. The molecule has 0 bridgehead atoms. The average molecular weight is 331 g/mol. The Morgan fingerprint density at radius 3 is 2.53 bits per heavy atom. The van der Waals surface area contributed by atoms with Gasteiger partial charge in [0.05, 0.1) is 4.47 Å². The number of hydrogen-bond donors (Lipinski definition) is 1. The van der Waals surface area contributed by atoms with Crippen LogP contribution < -0.4 is 5.73 Å². The van der Waals surface area contributed by atoms with Crippen LogP contribution in [0, 0.1) is 11.2 Å². The van der Waals surface area contributed by atoms with E-state index < -0.39 is 0 Å². The number of nitrogens with zero attached hydrogens (tertiary/aromatic N) is 1. The number of rotatable bonds is 6. The smallest absolute Gasteiger partial charge is 0.137 e. The van der Waals surface area contributed by atoms with Crippen LogP contribution in [0.4, 0.5) is 4.39 Å². The highest BCUT2D eigenvalue weighted by Gasteiger charge is 2.23. The lowest BCUT2D eigenvalue weighted by molar-refractivity contribution is 0.147. The molecular formula is C15H24BrFN2. The first kappa shape index (κ1) is 16.6. The zero-order valence-corrected chi connectivity index (χ0v) is 13.8. The van der Waals surface area contributed by atoms with Crippen LogP contribution in [-0.4, -0.2) is 24.5 Å². The molecule has 0 saturated carbocycles. The van der Waals surface area contributed by atoms with Gasteiger partial charge in [0.15, 0.2) is 0 Å². The maximum Gasteiger partial charge on any atom is 0.137 e. The first-order valence-electron chi connectivity index (χ1n) is 6.70. The lowest BCUT2D eigenvalue weighted by Crippen LogP contribution is -2.40. The van der Waals surface area contributed by atoms with Crippen LogP contribution >= 0.6 is 15.9 Å². The highest BCUT2D eigenvalue weighted by molar-refractivity contribution is 9.10. The lowest BCUT2D eigenvalue weighted by Gasteiger charge is -2.35. The van der Waals surface area contributed by atoms with Crippen molar-refractivity contribution in [2.45, 2.75) is 33.7 Å². The topological polar surface area (TPSA) is 29.3 Å². The molecule has 1 atom stereocenters. The Bertz CT molecular complexity index is 421. The standard InChI is InChI=1S/C15H24BrFN2/c1-5-19(10-15(3,4)9-18)11(2)12-6-7-14(17)13(16)8-12/h6-8,11H,5,9-10,18H2,1-4H3. The van der Waals surface area contributed by atoms with Gasteiger partial charge < -0.3 is 5.73 Å². The summed E-state index contributed by atoms with van der Waals surface area (Å²) in [7, 11) is 0. The van der Waals surface area contributed by atoms with E-state index in [-0.39, 0.29) is 17.3 Å². The third-order valence-electron chi connectivity index (χ3n) is 3.56. The molecule has 4 heteroatoms. The summed E-state index contributed by atoms with van der Waals surface area (Å²) >= 11 is 3.25. The van der Waals surface area contributed by atoms with Gasteiger partial charge in [-0.15, -0.1) is 0 Å². The maximum atomic E-state index is 13.3. The summed E-state index contributed by atoms with van der Waals surface area (Å²) in [5.41, 5.74) is 7.01. The zero-order valence-electron chi connectivity index (χ0n) is 12.2. The maximum absolute atomic E-state index is 13.3. The van der Waals surface area contributed by atoms with Gasteiger partial charge in [0, 0.05) is 12.6 Å². The molecule has 0 aliphatic rings. The summed E-state index contributed by atoms with van der Waals surface area (Å²) in [5, 5.41) is 0.